The molecule has 0 unspecified atom stereocenters. The zero-order chi connectivity index (χ0) is 16.3. The number of hydrogen-bond donors (Lipinski definition) is 0. The smallest absolute Gasteiger partial charge is 0.257 e. The van der Waals surface area contributed by atoms with Crippen LogP contribution in [-0.2, 0) is 14.3 Å². The molecule has 0 saturated heterocycles. The van der Waals surface area contributed by atoms with E-state index in [0.717, 1.165) is 27.3 Å². The molecule has 0 atom stereocenters. The second-order valence-electron chi connectivity index (χ2n) is 5.08. The summed E-state index contributed by atoms with van der Waals surface area (Å²) >= 11 is 0. The van der Waals surface area contributed by atoms with Gasteiger partial charge in [0.15, 0.2) is 0 Å². The number of nitrogens with zero attached hydrogens (tertiary/aromatic N) is 1. The molecule has 0 spiro atoms. The van der Waals surface area contributed by atoms with E-state index in [4.69, 9.17) is 9.47 Å². The Morgan fingerprint density at radius 2 is 1.95 bits per heavy atom. The molecule has 2 amide bonds. The Balaban J connectivity index is 2.14. The fourth-order valence-corrected chi connectivity index (χ4v) is 2.22. The first-order valence-corrected chi connectivity index (χ1v) is 6.89. The number of methoxy groups -OCH3 is 2. The minimum Gasteiger partial charge on any atom is -0.499 e. The van der Waals surface area contributed by atoms with E-state index < -0.39 is 0 Å². The second-order valence-corrected chi connectivity index (χ2v) is 5.08. The highest BCUT2D eigenvalue weighted by molar-refractivity contribution is 6.08. The summed E-state index contributed by atoms with van der Waals surface area (Å²) in [6.45, 7) is 4.14. The van der Waals surface area contributed by atoms with E-state index >= 15 is 0 Å². The van der Waals surface area contributed by atoms with Gasteiger partial charge in [-0.25, -0.2) is 0 Å². The van der Waals surface area contributed by atoms with Gasteiger partial charge in [-0.3, -0.25) is 14.5 Å². The highest BCUT2D eigenvalue weighted by Gasteiger charge is 2.26. The molecule has 0 saturated carbocycles. The minimum absolute atomic E-state index is 0.175. The molecule has 1 aromatic rings. The Bertz CT molecular complexity index is 673. The van der Waals surface area contributed by atoms with Crippen LogP contribution in [0.3, 0.4) is 0 Å². The van der Waals surface area contributed by atoms with E-state index in [2.05, 4.69) is 0 Å². The molecule has 1 heterocycles. The first kappa shape index (κ1) is 15.8. The Labute approximate surface area is 129 Å². The van der Waals surface area contributed by atoms with Gasteiger partial charge in [0.25, 0.3) is 11.8 Å². The van der Waals surface area contributed by atoms with Gasteiger partial charge in [-0.05, 0) is 42.7 Å². The first-order chi connectivity index (χ1) is 10.5. The molecule has 0 aliphatic carbocycles. The zero-order valence-electron chi connectivity index (χ0n) is 13.2. The van der Waals surface area contributed by atoms with Gasteiger partial charge in [-0.15, -0.1) is 0 Å². The minimum atomic E-state index is -0.370. The van der Waals surface area contributed by atoms with E-state index in [1.54, 1.807) is 13.2 Å². The van der Waals surface area contributed by atoms with Crippen molar-refractivity contribution in [2.24, 2.45) is 0 Å². The van der Waals surface area contributed by atoms with Crippen molar-refractivity contribution in [1.82, 2.24) is 4.90 Å². The lowest BCUT2D eigenvalue weighted by Gasteiger charge is -2.12. The average Bonchev–Trinajstić information content (AvgIpc) is 2.89. The highest BCUT2D eigenvalue weighted by Crippen LogP contribution is 2.24. The van der Waals surface area contributed by atoms with E-state index in [9.17, 15) is 9.59 Å². The number of aryl methyl sites for hydroxylation is 1. The molecule has 22 heavy (non-hydrogen) atoms. The van der Waals surface area contributed by atoms with Crippen molar-refractivity contribution in [3.05, 3.63) is 46.7 Å². The van der Waals surface area contributed by atoms with Crippen LogP contribution in [0, 0.1) is 13.8 Å². The van der Waals surface area contributed by atoms with Gasteiger partial charge in [-0.1, -0.05) is 6.07 Å². The van der Waals surface area contributed by atoms with Gasteiger partial charge in [0, 0.05) is 12.2 Å². The highest BCUT2D eigenvalue weighted by atomic mass is 16.5. The summed E-state index contributed by atoms with van der Waals surface area (Å²) in [6.07, 6.45) is 4.38. The molecule has 2 rings (SSSR count). The third-order valence-electron chi connectivity index (χ3n) is 3.67. The maximum atomic E-state index is 12.1. The number of amides is 2. The maximum Gasteiger partial charge on any atom is 0.257 e. The number of ether oxygens (including phenoxy) is 2. The van der Waals surface area contributed by atoms with Gasteiger partial charge in [0.2, 0.25) is 0 Å². The number of benzene rings is 1. The van der Waals surface area contributed by atoms with E-state index in [0.29, 0.717) is 5.76 Å². The topological polar surface area (TPSA) is 55.8 Å². The van der Waals surface area contributed by atoms with Crippen LogP contribution < -0.4 is 4.74 Å². The van der Waals surface area contributed by atoms with Gasteiger partial charge in [0.05, 0.1) is 20.8 Å². The third kappa shape index (κ3) is 3.19. The predicted octanol–water partition coefficient (Wildman–Crippen LogP) is 2.22. The summed E-state index contributed by atoms with van der Waals surface area (Å²) in [4.78, 5) is 24.9. The van der Waals surface area contributed by atoms with E-state index in [-0.39, 0.29) is 18.4 Å². The molecule has 0 radical (unpaired) electrons. The predicted molar refractivity (Wildman–Crippen MR) is 83.3 cm³/mol. The van der Waals surface area contributed by atoms with Gasteiger partial charge < -0.3 is 9.47 Å². The maximum absolute atomic E-state index is 12.1. The fourth-order valence-electron chi connectivity index (χ4n) is 2.22. The van der Waals surface area contributed by atoms with Gasteiger partial charge >= 0.3 is 0 Å². The lowest BCUT2D eigenvalue weighted by molar-refractivity contribution is -0.137. The number of carbonyl (C=O) groups is 2. The summed E-state index contributed by atoms with van der Waals surface area (Å²) in [6, 6.07) is 3.82. The van der Waals surface area contributed by atoms with Crippen molar-refractivity contribution in [2.75, 3.05) is 20.8 Å². The number of imide groups is 1. The monoisotopic (exact) mass is 301 g/mol. The van der Waals surface area contributed by atoms with Crippen LogP contribution in [0.15, 0.2) is 30.0 Å². The van der Waals surface area contributed by atoms with Crippen molar-refractivity contribution >= 4 is 17.9 Å². The molecule has 0 aromatic heterocycles. The number of carbonyl (C=O) groups excluding carboxylic acids is 2. The Kier molecular flexibility index (Phi) is 4.65. The molecule has 5 nitrogen and oxygen atoms in total. The molecular weight excluding hydrogens is 282 g/mol. The van der Waals surface area contributed by atoms with Crippen LogP contribution in [0.1, 0.15) is 16.7 Å². The Hall–Kier alpha value is -2.56. The van der Waals surface area contributed by atoms with Crippen LogP contribution in [0.4, 0.5) is 0 Å². The first-order valence-electron chi connectivity index (χ1n) is 6.89. The molecule has 1 aromatic carbocycles. The van der Waals surface area contributed by atoms with Crippen molar-refractivity contribution < 1.29 is 19.1 Å². The molecular formula is C17H19NO4. The van der Waals surface area contributed by atoms with Crippen LogP contribution >= 0.6 is 0 Å². The normalized spacial score (nSPS) is 14.5. The summed E-state index contributed by atoms with van der Waals surface area (Å²) in [5.41, 5.74) is 2.99. The Morgan fingerprint density at radius 1 is 1.23 bits per heavy atom. The van der Waals surface area contributed by atoms with Gasteiger partial charge in [-0.2, -0.15) is 0 Å². The summed E-state index contributed by atoms with van der Waals surface area (Å²) in [5.74, 6) is 0.530. The van der Waals surface area contributed by atoms with Crippen molar-refractivity contribution in [3.8, 4) is 5.75 Å². The standard InChI is InChI=1S/C17H19NO4/c1-11-7-13(8-15(22-4)12(11)2)5-6-16(19)18-10-14(21-3)9-17(18)20/h5-9H,10H2,1-4H3/b6-5+. The second kappa shape index (κ2) is 6.47. The molecule has 116 valence electrons. The zero-order valence-corrected chi connectivity index (χ0v) is 13.2. The summed E-state index contributed by atoms with van der Waals surface area (Å²) in [7, 11) is 3.09. The van der Waals surface area contributed by atoms with Crippen molar-refractivity contribution in [2.45, 2.75) is 13.8 Å². The van der Waals surface area contributed by atoms with E-state index in [1.165, 1.54) is 19.3 Å². The quantitative estimate of drug-likeness (QED) is 0.800. The lowest BCUT2D eigenvalue weighted by atomic mass is 10.0. The SMILES string of the molecule is COC1=CC(=O)N(C(=O)/C=C/c2cc(C)c(C)c(OC)c2)C1. The van der Waals surface area contributed by atoms with Crippen LogP contribution in [0.5, 0.6) is 5.75 Å². The molecule has 0 N–H and O–H groups in total. The van der Waals surface area contributed by atoms with Crippen LogP contribution in [0.25, 0.3) is 6.08 Å². The largest absolute Gasteiger partial charge is 0.499 e. The summed E-state index contributed by atoms with van der Waals surface area (Å²) in [5, 5.41) is 0. The lowest BCUT2D eigenvalue weighted by Crippen LogP contribution is -2.31. The van der Waals surface area contributed by atoms with Crippen LogP contribution in [0.2, 0.25) is 0 Å². The number of rotatable bonds is 4. The Morgan fingerprint density at radius 3 is 2.55 bits per heavy atom. The van der Waals surface area contributed by atoms with Crippen molar-refractivity contribution in [1.29, 1.82) is 0 Å². The number of hydrogen-bond acceptors (Lipinski definition) is 4. The molecule has 0 bridgehead atoms. The molecule has 0 fully saturated rings. The summed E-state index contributed by atoms with van der Waals surface area (Å²) < 4.78 is 10.3. The molecule has 1 aliphatic rings. The third-order valence-corrected chi connectivity index (χ3v) is 3.67. The molecule has 1 aliphatic heterocycles. The van der Waals surface area contributed by atoms with Crippen LogP contribution in [-0.4, -0.2) is 37.5 Å². The van der Waals surface area contributed by atoms with Gasteiger partial charge in [0.1, 0.15) is 11.5 Å². The molecule has 5 heteroatoms. The fraction of sp³-hybridized carbons (Fsp3) is 0.294. The average molecular weight is 301 g/mol. The van der Waals surface area contributed by atoms with Crippen molar-refractivity contribution in [3.63, 3.8) is 0 Å². The van der Waals surface area contributed by atoms with E-state index in [1.807, 2.05) is 26.0 Å².